The molecule has 0 aliphatic carbocycles. The highest BCUT2D eigenvalue weighted by atomic mass is 32.2. The Kier molecular flexibility index (Phi) is 3.76. The van der Waals surface area contributed by atoms with Gasteiger partial charge in [-0.25, -0.2) is 4.98 Å². The quantitative estimate of drug-likeness (QED) is 0.545. The van der Waals surface area contributed by atoms with Gasteiger partial charge in [0.2, 0.25) is 0 Å². The molecule has 0 fully saturated rings. The molecule has 0 aromatic carbocycles. The summed E-state index contributed by atoms with van der Waals surface area (Å²) in [6.45, 7) is 1.97. The lowest BCUT2D eigenvalue weighted by molar-refractivity contribution is -0.137. The first-order valence-corrected chi connectivity index (χ1v) is 4.83. The standard InChI is InChI=1S/C9H11NO2S/c1-7-3-4-8(10-5-7)13-6-9(11)12-2/h3-5H,6H2,1-2H3. The zero-order valence-electron chi connectivity index (χ0n) is 7.61. The number of carbonyl (C=O) groups is 1. The Morgan fingerprint density at radius 2 is 2.38 bits per heavy atom. The van der Waals surface area contributed by atoms with Crippen LogP contribution in [0.2, 0.25) is 0 Å². The maximum Gasteiger partial charge on any atom is 0.316 e. The Bertz CT molecular complexity index is 284. The molecule has 1 heterocycles. The van der Waals surface area contributed by atoms with Gasteiger partial charge in [-0.15, -0.1) is 0 Å². The molecule has 0 aliphatic rings. The Balaban J connectivity index is 2.46. The third kappa shape index (κ3) is 3.46. The molecule has 0 spiro atoms. The van der Waals surface area contributed by atoms with Gasteiger partial charge in [0.1, 0.15) is 0 Å². The van der Waals surface area contributed by atoms with Gasteiger partial charge in [-0.1, -0.05) is 17.8 Å². The van der Waals surface area contributed by atoms with Gasteiger partial charge in [-0.2, -0.15) is 0 Å². The molecule has 0 unspecified atom stereocenters. The van der Waals surface area contributed by atoms with Crippen molar-refractivity contribution in [1.82, 2.24) is 4.98 Å². The number of methoxy groups -OCH3 is 1. The van der Waals surface area contributed by atoms with Crippen molar-refractivity contribution in [1.29, 1.82) is 0 Å². The van der Waals surface area contributed by atoms with Gasteiger partial charge in [0.05, 0.1) is 17.9 Å². The predicted molar refractivity (Wildman–Crippen MR) is 51.7 cm³/mol. The molecular weight excluding hydrogens is 186 g/mol. The summed E-state index contributed by atoms with van der Waals surface area (Å²) in [7, 11) is 1.38. The normalized spacial score (nSPS) is 9.69. The van der Waals surface area contributed by atoms with Gasteiger partial charge in [-0.3, -0.25) is 4.79 Å². The van der Waals surface area contributed by atoms with Crippen molar-refractivity contribution in [3.05, 3.63) is 23.9 Å². The van der Waals surface area contributed by atoms with Gasteiger partial charge in [0, 0.05) is 6.20 Å². The van der Waals surface area contributed by atoms with Crippen molar-refractivity contribution >= 4 is 17.7 Å². The lowest BCUT2D eigenvalue weighted by atomic mass is 10.3. The number of hydrogen-bond acceptors (Lipinski definition) is 4. The van der Waals surface area contributed by atoms with Crippen LogP contribution in [0.25, 0.3) is 0 Å². The van der Waals surface area contributed by atoms with E-state index in [9.17, 15) is 4.79 Å². The van der Waals surface area contributed by atoms with E-state index in [-0.39, 0.29) is 5.97 Å². The van der Waals surface area contributed by atoms with E-state index in [1.54, 1.807) is 6.20 Å². The zero-order chi connectivity index (χ0) is 9.68. The molecule has 0 bridgehead atoms. The smallest absolute Gasteiger partial charge is 0.316 e. The second kappa shape index (κ2) is 4.87. The fraction of sp³-hybridized carbons (Fsp3) is 0.333. The van der Waals surface area contributed by atoms with Crippen molar-refractivity contribution < 1.29 is 9.53 Å². The number of aryl methyl sites for hydroxylation is 1. The van der Waals surface area contributed by atoms with Crippen LogP contribution in [-0.4, -0.2) is 23.8 Å². The van der Waals surface area contributed by atoms with Crippen LogP contribution >= 0.6 is 11.8 Å². The Labute approximate surface area is 81.5 Å². The molecule has 3 nitrogen and oxygen atoms in total. The Morgan fingerprint density at radius 1 is 1.62 bits per heavy atom. The molecule has 0 N–H and O–H groups in total. The van der Waals surface area contributed by atoms with Crippen LogP contribution in [0.5, 0.6) is 0 Å². The molecule has 70 valence electrons. The van der Waals surface area contributed by atoms with E-state index in [0.29, 0.717) is 5.75 Å². The Morgan fingerprint density at radius 3 is 2.92 bits per heavy atom. The minimum absolute atomic E-state index is 0.229. The highest BCUT2D eigenvalue weighted by Gasteiger charge is 2.01. The summed E-state index contributed by atoms with van der Waals surface area (Å²) in [5, 5.41) is 0.844. The fourth-order valence-electron chi connectivity index (χ4n) is 0.731. The van der Waals surface area contributed by atoms with E-state index < -0.39 is 0 Å². The third-order valence-corrected chi connectivity index (χ3v) is 2.37. The summed E-state index contributed by atoms with van der Waals surface area (Å²) in [5.74, 6) is 0.0828. The fourth-order valence-corrected chi connectivity index (χ4v) is 1.41. The molecular formula is C9H11NO2S. The highest BCUT2D eigenvalue weighted by Crippen LogP contribution is 2.14. The van der Waals surface area contributed by atoms with Crippen molar-refractivity contribution in [3.8, 4) is 0 Å². The van der Waals surface area contributed by atoms with E-state index in [4.69, 9.17) is 0 Å². The lowest BCUT2D eigenvalue weighted by Crippen LogP contribution is -2.03. The van der Waals surface area contributed by atoms with Crippen molar-refractivity contribution in [2.24, 2.45) is 0 Å². The molecule has 4 heteroatoms. The molecule has 1 aromatic heterocycles. The van der Waals surface area contributed by atoms with Crippen LogP contribution in [0.3, 0.4) is 0 Å². The molecule has 0 radical (unpaired) electrons. The molecule has 1 rings (SSSR count). The number of esters is 1. The number of thioether (sulfide) groups is 1. The summed E-state index contributed by atoms with van der Waals surface area (Å²) in [4.78, 5) is 14.9. The van der Waals surface area contributed by atoms with Crippen LogP contribution in [0.1, 0.15) is 5.56 Å². The summed E-state index contributed by atoms with van der Waals surface area (Å²) in [6, 6.07) is 3.86. The second-order valence-electron chi connectivity index (χ2n) is 2.54. The summed E-state index contributed by atoms with van der Waals surface area (Å²) in [5.41, 5.74) is 1.11. The average molecular weight is 197 g/mol. The van der Waals surface area contributed by atoms with Crippen LogP contribution in [0.15, 0.2) is 23.4 Å². The first kappa shape index (κ1) is 10.1. The van der Waals surface area contributed by atoms with Gasteiger partial charge in [0.15, 0.2) is 0 Å². The third-order valence-electron chi connectivity index (χ3n) is 1.45. The number of nitrogens with zero attached hydrogens (tertiary/aromatic N) is 1. The molecule has 0 saturated heterocycles. The van der Waals surface area contributed by atoms with Gasteiger partial charge in [-0.05, 0) is 18.6 Å². The molecule has 0 atom stereocenters. The van der Waals surface area contributed by atoms with Gasteiger partial charge >= 0.3 is 5.97 Å². The van der Waals surface area contributed by atoms with Crippen LogP contribution in [-0.2, 0) is 9.53 Å². The van der Waals surface area contributed by atoms with Gasteiger partial charge < -0.3 is 4.74 Å². The minimum atomic E-state index is -0.229. The maximum absolute atomic E-state index is 10.8. The largest absolute Gasteiger partial charge is 0.468 e. The predicted octanol–water partition coefficient (Wildman–Crippen LogP) is 1.66. The molecule has 0 aliphatic heterocycles. The summed E-state index contributed by atoms with van der Waals surface area (Å²) >= 11 is 1.38. The van der Waals surface area contributed by atoms with Crippen molar-refractivity contribution in [2.75, 3.05) is 12.9 Å². The van der Waals surface area contributed by atoms with Crippen LogP contribution in [0, 0.1) is 6.92 Å². The zero-order valence-corrected chi connectivity index (χ0v) is 8.43. The van der Waals surface area contributed by atoms with E-state index in [0.717, 1.165) is 10.6 Å². The topological polar surface area (TPSA) is 39.2 Å². The summed E-state index contributed by atoms with van der Waals surface area (Å²) in [6.07, 6.45) is 1.78. The number of carbonyl (C=O) groups excluding carboxylic acids is 1. The number of pyridine rings is 1. The molecule has 0 saturated carbocycles. The van der Waals surface area contributed by atoms with E-state index in [2.05, 4.69) is 9.72 Å². The minimum Gasteiger partial charge on any atom is -0.468 e. The summed E-state index contributed by atoms with van der Waals surface area (Å²) < 4.78 is 4.51. The maximum atomic E-state index is 10.8. The SMILES string of the molecule is COC(=O)CSc1ccc(C)cn1. The van der Waals surface area contributed by atoms with Crippen molar-refractivity contribution in [3.63, 3.8) is 0 Å². The van der Waals surface area contributed by atoms with Crippen LogP contribution in [0.4, 0.5) is 0 Å². The average Bonchev–Trinajstić information content (AvgIpc) is 2.16. The van der Waals surface area contributed by atoms with Crippen molar-refractivity contribution in [2.45, 2.75) is 11.9 Å². The molecule has 1 aromatic rings. The Hall–Kier alpha value is -1.03. The van der Waals surface area contributed by atoms with Crippen LogP contribution < -0.4 is 0 Å². The highest BCUT2D eigenvalue weighted by molar-refractivity contribution is 7.99. The number of ether oxygens (including phenoxy) is 1. The van der Waals surface area contributed by atoms with E-state index >= 15 is 0 Å². The lowest BCUT2D eigenvalue weighted by Gasteiger charge is -1.99. The number of hydrogen-bond donors (Lipinski definition) is 0. The van der Waals surface area contributed by atoms with Gasteiger partial charge in [0.25, 0.3) is 0 Å². The second-order valence-corrected chi connectivity index (χ2v) is 3.53. The van der Waals surface area contributed by atoms with E-state index in [1.807, 2.05) is 19.1 Å². The monoisotopic (exact) mass is 197 g/mol. The molecule has 13 heavy (non-hydrogen) atoms. The number of aromatic nitrogens is 1. The van der Waals surface area contributed by atoms with E-state index in [1.165, 1.54) is 18.9 Å². The molecule has 0 amide bonds. The number of rotatable bonds is 3. The first-order chi connectivity index (χ1) is 6.22. The first-order valence-electron chi connectivity index (χ1n) is 3.84.